The van der Waals surface area contributed by atoms with Crippen LogP contribution in [0.15, 0.2) is 0 Å². The summed E-state index contributed by atoms with van der Waals surface area (Å²) in [7, 11) is 0. The lowest BCUT2D eigenvalue weighted by molar-refractivity contribution is -0.143. The summed E-state index contributed by atoms with van der Waals surface area (Å²) in [5.74, 6) is -1.02. The maximum Gasteiger partial charge on any atom is 0.309 e. The van der Waals surface area contributed by atoms with Crippen LogP contribution in [0.25, 0.3) is 0 Å². The molecular weight excluding hydrogens is 192 g/mol. The number of carbonyl (C=O) groups is 1. The van der Waals surface area contributed by atoms with Gasteiger partial charge in [-0.25, -0.2) is 0 Å². The first kappa shape index (κ1) is 12.5. The first-order valence-electron chi connectivity index (χ1n) is 5.74. The van der Waals surface area contributed by atoms with E-state index in [1.807, 2.05) is 0 Å². The Morgan fingerprint density at radius 2 is 2.07 bits per heavy atom. The molecule has 0 aromatic heterocycles. The van der Waals surface area contributed by atoms with E-state index in [1.54, 1.807) is 0 Å². The molecule has 1 heterocycles. The number of rotatable bonds is 3. The van der Waals surface area contributed by atoms with E-state index in [1.165, 1.54) is 0 Å². The molecule has 1 rings (SSSR count). The predicted octanol–water partition coefficient (Wildman–Crippen LogP) is 2.69. The number of carboxylic acids is 1. The van der Waals surface area contributed by atoms with Crippen molar-refractivity contribution < 1.29 is 14.6 Å². The molecule has 1 aliphatic rings. The molecule has 1 aliphatic heterocycles. The van der Waals surface area contributed by atoms with Crippen molar-refractivity contribution in [3.8, 4) is 0 Å². The van der Waals surface area contributed by atoms with Gasteiger partial charge in [0, 0.05) is 0 Å². The molecule has 0 spiro atoms. The molecule has 88 valence electrons. The molecule has 0 saturated carbocycles. The SMILES string of the molecule is CCCC1OC(C(C)(C)C)CC1C(=O)O. The highest BCUT2D eigenvalue weighted by molar-refractivity contribution is 5.71. The summed E-state index contributed by atoms with van der Waals surface area (Å²) in [6, 6.07) is 0. The van der Waals surface area contributed by atoms with E-state index in [4.69, 9.17) is 9.84 Å². The van der Waals surface area contributed by atoms with Crippen LogP contribution < -0.4 is 0 Å². The molecule has 3 nitrogen and oxygen atoms in total. The fourth-order valence-electron chi connectivity index (χ4n) is 2.12. The van der Waals surface area contributed by atoms with Crippen LogP contribution in [-0.2, 0) is 9.53 Å². The van der Waals surface area contributed by atoms with Crippen LogP contribution in [0.2, 0.25) is 0 Å². The minimum atomic E-state index is -0.708. The van der Waals surface area contributed by atoms with Crippen LogP contribution in [0.3, 0.4) is 0 Å². The average Bonchev–Trinajstić information content (AvgIpc) is 2.48. The van der Waals surface area contributed by atoms with Gasteiger partial charge in [-0.3, -0.25) is 4.79 Å². The number of aliphatic carboxylic acids is 1. The van der Waals surface area contributed by atoms with E-state index in [0.717, 1.165) is 12.8 Å². The average molecular weight is 214 g/mol. The molecule has 3 unspecified atom stereocenters. The van der Waals surface area contributed by atoms with Gasteiger partial charge in [0.25, 0.3) is 0 Å². The van der Waals surface area contributed by atoms with Crippen molar-refractivity contribution in [3.63, 3.8) is 0 Å². The Bertz CT molecular complexity index is 230. The zero-order valence-electron chi connectivity index (χ0n) is 10.1. The Morgan fingerprint density at radius 3 is 2.47 bits per heavy atom. The van der Waals surface area contributed by atoms with E-state index in [2.05, 4.69) is 27.7 Å². The number of hydrogen-bond donors (Lipinski definition) is 1. The molecule has 1 saturated heterocycles. The van der Waals surface area contributed by atoms with Crippen LogP contribution in [0.4, 0.5) is 0 Å². The largest absolute Gasteiger partial charge is 0.481 e. The maximum atomic E-state index is 11.1. The van der Waals surface area contributed by atoms with Crippen molar-refractivity contribution in [3.05, 3.63) is 0 Å². The molecule has 1 fully saturated rings. The highest BCUT2D eigenvalue weighted by atomic mass is 16.5. The standard InChI is InChI=1S/C12H22O3/c1-5-6-9-8(11(13)14)7-10(15-9)12(2,3)4/h8-10H,5-7H2,1-4H3,(H,13,14). The van der Waals surface area contributed by atoms with E-state index >= 15 is 0 Å². The third-order valence-electron chi connectivity index (χ3n) is 3.11. The first-order chi connectivity index (χ1) is 6.86. The molecule has 0 amide bonds. The molecule has 0 aromatic carbocycles. The van der Waals surface area contributed by atoms with Gasteiger partial charge in [-0.1, -0.05) is 34.1 Å². The molecule has 15 heavy (non-hydrogen) atoms. The third kappa shape index (κ3) is 2.94. The quantitative estimate of drug-likeness (QED) is 0.785. The Balaban J connectivity index is 2.69. The van der Waals surface area contributed by atoms with Gasteiger partial charge in [0.15, 0.2) is 0 Å². The van der Waals surface area contributed by atoms with Gasteiger partial charge in [-0.2, -0.15) is 0 Å². The Hall–Kier alpha value is -0.570. The minimum Gasteiger partial charge on any atom is -0.481 e. The topological polar surface area (TPSA) is 46.5 Å². The lowest BCUT2D eigenvalue weighted by atomic mass is 9.84. The molecule has 1 N–H and O–H groups in total. The zero-order valence-corrected chi connectivity index (χ0v) is 10.1. The smallest absolute Gasteiger partial charge is 0.309 e. The Labute approximate surface area is 91.8 Å². The lowest BCUT2D eigenvalue weighted by Gasteiger charge is -2.26. The third-order valence-corrected chi connectivity index (χ3v) is 3.11. The van der Waals surface area contributed by atoms with Crippen molar-refractivity contribution in [1.82, 2.24) is 0 Å². The van der Waals surface area contributed by atoms with Gasteiger partial charge in [0.2, 0.25) is 0 Å². The van der Waals surface area contributed by atoms with Crippen LogP contribution in [0.5, 0.6) is 0 Å². The highest BCUT2D eigenvalue weighted by Crippen LogP contribution is 2.38. The van der Waals surface area contributed by atoms with E-state index < -0.39 is 5.97 Å². The second kappa shape index (κ2) is 4.52. The number of ether oxygens (including phenoxy) is 1. The van der Waals surface area contributed by atoms with Crippen molar-refractivity contribution in [2.75, 3.05) is 0 Å². The Morgan fingerprint density at radius 1 is 1.47 bits per heavy atom. The van der Waals surface area contributed by atoms with E-state index in [-0.39, 0.29) is 23.5 Å². The van der Waals surface area contributed by atoms with Crippen molar-refractivity contribution >= 4 is 5.97 Å². The summed E-state index contributed by atoms with van der Waals surface area (Å²) < 4.78 is 5.86. The second-order valence-electron chi connectivity index (χ2n) is 5.50. The van der Waals surface area contributed by atoms with Crippen molar-refractivity contribution in [2.45, 2.75) is 59.2 Å². The fraction of sp³-hybridized carbons (Fsp3) is 0.917. The molecule has 0 aromatic rings. The van der Waals surface area contributed by atoms with Gasteiger partial charge < -0.3 is 9.84 Å². The van der Waals surface area contributed by atoms with Crippen LogP contribution in [0, 0.1) is 11.3 Å². The monoisotopic (exact) mass is 214 g/mol. The van der Waals surface area contributed by atoms with E-state index in [9.17, 15) is 4.79 Å². The van der Waals surface area contributed by atoms with Gasteiger partial charge >= 0.3 is 5.97 Å². The highest BCUT2D eigenvalue weighted by Gasteiger charge is 2.43. The molecule has 3 heteroatoms. The maximum absolute atomic E-state index is 11.1. The molecule has 0 bridgehead atoms. The van der Waals surface area contributed by atoms with Gasteiger partial charge in [0.05, 0.1) is 18.1 Å². The predicted molar refractivity (Wildman–Crippen MR) is 58.8 cm³/mol. The van der Waals surface area contributed by atoms with E-state index in [0.29, 0.717) is 6.42 Å². The zero-order chi connectivity index (χ0) is 11.6. The lowest BCUT2D eigenvalue weighted by Crippen LogP contribution is -2.26. The molecule has 3 atom stereocenters. The summed E-state index contributed by atoms with van der Waals surface area (Å²) in [5.41, 5.74) is 0.0379. The Kier molecular flexibility index (Phi) is 3.77. The summed E-state index contributed by atoms with van der Waals surface area (Å²) in [6.45, 7) is 8.37. The molecule has 0 radical (unpaired) electrons. The normalized spacial score (nSPS) is 31.9. The summed E-state index contributed by atoms with van der Waals surface area (Å²) in [6.07, 6.45) is 2.48. The van der Waals surface area contributed by atoms with Crippen molar-refractivity contribution in [1.29, 1.82) is 0 Å². The van der Waals surface area contributed by atoms with Gasteiger partial charge in [-0.15, -0.1) is 0 Å². The minimum absolute atomic E-state index is 0.0379. The number of hydrogen-bond acceptors (Lipinski definition) is 2. The van der Waals surface area contributed by atoms with Gasteiger partial charge in [0.1, 0.15) is 0 Å². The summed E-state index contributed by atoms with van der Waals surface area (Å²) in [5, 5.41) is 9.11. The van der Waals surface area contributed by atoms with Crippen LogP contribution >= 0.6 is 0 Å². The molecular formula is C12H22O3. The van der Waals surface area contributed by atoms with Crippen LogP contribution in [0.1, 0.15) is 47.0 Å². The summed E-state index contributed by atoms with van der Waals surface area (Å²) in [4.78, 5) is 11.1. The fourth-order valence-corrected chi connectivity index (χ4v) is 2.12. The molecule has 0 aliphatic carbocycles. The van der Waals surface area contributed by atoms with Crippen molar-refractivity contribution in [2.24, 2.45) is 11.3 Å². The summed E-state index contributed by atoms with van der Waals surface area (Å²) >= 11 is 0. The van der Waals surface area contributed by atoms with Crippen LogP contribution in [-0.4, -0.2) is 23.3 Å². The second-order valence-corrected chi connectivity index (χ2v) is 5.50. The first-order valence-corrected chi connectivity index (χ1v) is 5.74. The van der Waals surface area contributed by atoms with Gasteiger partial charge in [-0.05, 0) is 18.3 Å². The number of carboxylic acid groups (broad SMARTS) is 1.